The molecule has 104 valence electrons. The number of carboxylic acid groups (broad SMARTS) is 1. The van der Waals surface area contributed by atoms with Gasteiger partial charge < -0.3 is 10.0 Å². The zero-order valence-electron chi connectivity index (χ0n) is 11.5. The molecule has 2 rings (SSSR count). The van der Waals surface area contributed by atoms with E-state index in [2.05, 4.69) is 20.9 Å². The molecule has 0 radical (unpaired) electrons. The maximum absolute atomic E-state index is 11.6. The lowest BCUT2D eigenvalue weighted by atomic mass is 9.97. The van der Waals surface area contributed by atoms with Crippen LogP contribution in [0, 0.1) is 6.92 Å². The van der Waals surface area contributed by atoms with Crippen LogP contribution in [0.1, 0.15) is 15.9 Å². The van der Waals surface area contributed by atoms with Crippen molar-refractivity contribution in [3.8, 4) is 11.1 Å². The Morgan fingerprint density at radius 1 is 1.25 bits per heavy atom. The smallest absolute Gasteiger partial charge is 0.340 e. The van der Waals surface area contributed by atoms with E-state index in [1.807, 2.05) is 25.1 Å². The van der Waals surface area contributed by atoms with Crippen molar-refractivity contribution >= 4 is 27.7 Å². The Labute approximate surface area is 126 Å². The van der Waals surface area contributed by atoms with Crippen LogP contribution in [0.5, 0.6) is 0 Å². The number of benzene rings is 1. The fourth-order valence-corrected chi connectivity index (χ4v) is 2.47. The molecular weight excluding hydrogens is 320 g/mol. The zero-order chi connectivity index (χ0) is 14.9. The Morgan fingerprint density at radius 2 is 1.95 bits per heavy atom. The van der Waals surface area contributed by atoms with E-state index in [0.29, 0.717) is 11.4 Å². The van der Waals surface area contributed by atoms with Crippen LogP contribution in [0.25, 0.3) is 11.1 Å². The van der Waals surface area contributed by atoms with Crippen LogP contribution in [0.15, 0.2) is 34.9 Å². The molecule has 0 aliphatic heterocycles. The van der Waals surface area contributed by atoms with Gasteiger partial charge in [0.15, 0.2) is 0 Å². The summed E-state index contributed by atoms with van der Waals surface area (Å²) < 4.78 is 0.914. The lowest BCUT2D eigenvalue weighted by molar-refractivity contribution is 0.0698. The van der Waals surface area contributed by atoms with Gasteiger partial charge in [0.1, 0.15) is 11.4 Å². The van der Waals surface area contributed by atoms with Gasteiger partial charge in [-0.15, -0.1) is 0 Å². The quantitative estimate of drug-likeness (QED) is 0.931. The van der Waals surface area contributed by atoms with Crippen LogP contribution >= 0.6 is 15.9 Å². The van der Waals surface area contributed by atoms with Gasteiger partial charge in [-0.05, 0) is 36.2 Å². The number of aryl methyl sites for hydroxylation is 1. The second-order valence-electron chi connectivity index (χ2n) is 4.72. The Kier molecular flexibility index (Phi) is 4.09. The molecule has 0 saturated heterocycles. The number of carboxylic acids is 1. The molecule has 0 atom stereocenters. The summed E-state index contributed by atoms with van der Waals surface area (Å²) in [6.07, 6.45) is 1.64. The maximum Gasteiger partial charge on any atom is 0.340 e. The molecule has 4 nitrogen and oxygen atoms in total. The van der Waals surface area contributed by atoms with E-state index in [1.54, 1.807) is 31.3 Å². The molecule has 1 aromatic carbocycles. The average molecular weight is 335 g/mol. The van der Waals surface area contributed by atoms with Crippen LogP contribution in [0.3, 0.4) is 0 Å². The van der Waals surface area contributed by atoms with Crippen LogP contribution in [-0.4, -0.2) is 30.2 Å². The van der Waals surface area contributed by atoms with Crippen molar-refractivity contribution in [2.24, 2.45) is 0 Å². The highest BCUT2D eigenvalue weighted by molar-refractivity contribution is 9.10. The summed E-state index contributed by atoms with van der Waals surface area (Å²) in [6.45, 7) is 1.96. The fraction of sp³-hybridized carbons (Fsp3) is 0.200. The van der Waals surface area contributed by atoms with Crippen molar-refractivity contribution in [3.05, 3.63) is 46.1 Å². The number of nitrogens with zero attached hydrogens (tertiary/aromatic N) is 2. The molecule has 20 heavy (non-hydrogen) atoms. The van der Waals surface area contributed by atoms with E-state index in [4.69, 9.17) is 0 Å². The SMILES string of the molecule is Cc1ccc(Br)cc1-c1ccnc(N(C)C)c1C(=O)O. The highest BCUT2D eigenvalue weighted by Crippen LogP contribution is 2.32. The number of halogens is 1. The monoisotopic (exact) mass is 334 g/mol. The number of aromatic carboxylic acids is 1. The number of carbonyl (C=O) groups is 1. The normalized spacial score (nSPS) is 10.4. The van der Waals surface area contributed by atoms with E-state index < -0.39 is 5.97 Å². The Balaban J connectivity index is 2.77. The summed E-state index contributed by atoms with van der Waals surface area (Å²) in [5.41, 5.74) is 2.81. The molecular formula is C15H15BrN2O2. The van der Waals surface area contributed by atoms with Crippen LogP contribution in [0.4, 0.5) is 5.82 Å². The van der Waals surface area contributed by atoms with Crippen molar-refractivity contribution in [1.29, 1.82) is 0 Å². The van der Waals surface area contributed by atoms with Gasteiger partial charge in [-0.2, -0.15) is 0 Å². The number of anilines is 1. The Morgan fingerprint density at radius 3 is 2.55 bits per heavy atom. The first kappa shape index (κ1) is 14.5. The molecule has 2 aromatic rings. The Hall–Kier alpha value is -1.88. The van der Waals surface area contributed by atoms with E-state index in [0.717, 1.165) is 15.6 Å². The third-order valence-corrected chi connectivity index (χ3v) is 3.55. The minimum atomic E-state index is -0.976. The number of hydrogen-bond acceptors (Lipinski definition) is 3. The summed E-state index contributed by atoms with van der Waals surface area (Å²) in [4.78, 5) is 17.5. The number of hydrogen-bond donors (Lipinski definition) is 1. The van der Waals surface area contributed by atoms with Crippen molar-refractivity contribution in [1.82, 2.24) is 4.98 Å². The van der Waals surface area contributed by atoms with Gasteiger partial charge in [0.2, 0.25) is 0 Å². The standard InChI is InChI=1S/C15H15BrN2O2/c1-9-4-5-10(16)8-12(9)11-6-7-17-14(18(2)3)13(11)15(19)20/h4-8H,1-3H3,(H,19,20). The Bertz CT molecular complexity index is 669. The summed E-state index contributed by atoms with van der Waals surface area (Å²) in [5, 5.41) is 9.54. The lowest BCUT2D eigenvalue weighted by Crippen LogP contribution is -2.16. The lowest BCUT2D eigenvalue weighted by Gasteiger charge is -2.17. The molecule has 1 heterocycles. The van der Waals surface area contributed by atoms with Crippen LogP contribution in [0.2, 0.25) is 0 Å². The van der Waals surface area contributed by atoms with E-state index in [-0.39, 0.29) is 5.56 Å². The minimum Gasteiger partial charge on any atom is -0.478 e. The first-order chi connectivity index (χ1) is 9.41. The van der Waals surface area contributed by atoms with E-state index in [1.165, 1.54) is 0 Å². The van der Waals surface area contributed by atoms with Gasteiger partial charge in [0, 0.05) is 30.3 Å². The predicted molar refractivity (Wildman–Crippen MR) is 83.4 cm³/mol. The molecule has 0 saturated carbocycles. The molecule has 0 spiro atoms. The van der Waals surface area contributed by atoms with Crippen LogP contribution in [-0.2, 0) is 0 Å². The molecule has 0 amide bonds. The third kappa shape index (κ3) is 2.67. The van der Waals surface area contributed by atoms with Gasteiger partial charge in [-0.25, -0.2) is 9.78 Å². The third-order valence-electron chi connectivity index (χ3n) is 3.06. The molecule has 0 aliphatic carbocycles. The predicted octanol–water partition coefficient (Wildman–Crippen LogP) is 3.58. The highest BCUT2D eigenvalue weighted by Gasteiger charge is 2.20. The molecule has 0 unspecified atom stereocenters. The van der Waals surface area contributed by atoms with Crippen molar-refractivity contribution in [3.63, 3.8) is 0 Å². The number of aromatic nitrogens is 1. The first-order valence-corrected chi connectivity index (χ1v) is 6.87. The minimum absolute atomic E-state index is 0.221. The highest BCUT2D eigenvalue weighted by atomic mass is 79.9. The van der Waals surface area contributed by atoms with Gasteiger partial charge in [-0.3, -0.25) is 0 Å². The molecule has 1 N–H and O–H groups in total. The fourth-order valence-electron chi connectivity index (χ4n) is 2.11. The molecule has 0 fully saturated rings. The molecule has 1 aromatic heterocycles. The molecule has 0 aliphatic rings. The summed E-state index contributed by atoms with van der Waals surface area (Å²) in [6, 6.07) is 7.57. The second kappa shape index (κ2) is 5.63. The van der Waals surface area contributed by atoms with Gasteiger partial charge in [0.05, 0.1) is 0 Å². The van der Waals surface area contributed by atoms with Crippen LogP contribution < -0.4 is 4.90 Å². The number of pyridine rings is 1. The van der Waals surface area contributed by atoms with Crippen molar-refractivity contribution in [2.45, 2.75) is 6.92 Å². The summed E-state index contributed by atoms with van der Waals surface area (Å²) >= 11 is 3.43. The van der Waals surface area contributed by atoms with Crippen molar-refractivity contribution in [2.75, 3.05) is 19.0 Å². The van der Waals surface area contributed by atoms with E-state index >= 15 is 0 Å². The number of rotatable bonds is 3. The second-order valence-corrected chi connectivity index (χ2v) is 5.63. The zero-order valence-corrected chi connectivity index (χ0v) is 13.1. The summed E-state index contributed by atoms with van der Waals surface area (Å²) in [5.74, 6) is -0.523. The van der Waals surface area contributed by atoms with Gasteiger partial charge in [0.25, 0.3) is 0 Å². The largest absolute Gasteiger partial charge is 0.478 e. The van der Waals surface area contributed by atoms with Gasteiger partial charge in [-0.1, -0.05) is 22.0 Å². The first-order valence-electron chi connectivity index (χ1n) is 6.08. The molecule has 5 heteroatoms. The molecule has 0 bridgehead atoms. The summed E-state index contributed by atoms with van der Waals surface area (Å²) in [7, 11) is 3.57. The van der Waals surface area contributed by atoms with Gasteiger partial charge >= 0.3 is 5.97 Å². The average Bonchev–Trinajstić information content (AvgIpc) is 2.40. The van der Waals surface area contributed by atoms with Crippen molar-refractivity contribution < 1.29 is 9.90 Å². The topological polar surface area (TPSA) is 53.4 Å². The van der Waals surface area contributed by atoms with E-state index in [9.17, 15) is 9.90 Å². The maximum atomic E-state index is 11.6.